The van der Waals surface area contributed by atoms with Crippen molar-refractivity contribution in [1.29, 1.82) is 0 Å². The SMILES string of the molecule is CC(C)[C@H]1CC[C@]2(C)C[C@H]3[C@H](CC[C@@H]3C)[C@@H](C)CC[C@@H]12. The maximum absolute atomic E-state index is 2.66. The molecule has 0 heterocycles. The van der Waals surface area contributed by atoms with Crippen LogP contribution in [0.15, 0.2) is 0 Å². The van der Waals surface area contributed by atoms with E-state index in [0.717, 1.165) is 41.4 Å². The van der Waals surface area contributed by atoms with Crippen molar-refractivity contribution in [1.82, 2.24) is 0 Å². The average molecular weight is 277 g/mol. The molecular formula is C20H36. The summed E-state index contributed by atoms with van der Waals surface area (Å²) in [5, 5.41) is 0. The van der Waals surface area contributed by atoms with Crippen LogP contribution in [-0.2, 0) is 0 Å². The van der Waals surface area contributed by atoms with Gasteiger partial charge in [0.1, 0.15) is 0 Å². The van der Waals surface area contributed by atoms with Crippen molar-refractivity contribution in [2.45, 2.75) is 79.6 Å². The first-order chi connectivity index (χ1) is 9.42. The molecule has 0 aromatic rings. The molecule has 0 aromatic carbocycles. The maximum atomic E-state index is 2.66. The minimum atomic E-state index is 0.677. The Kier molecular flexibility index (Phi) is 3.97. The van der Waals surface area contributed by atoms with Crippen LogP contribution in [0.4, 0.5) is 0 Å². The molecule has 0 nitrogen and oxygen atoms in total. The van der Waals surface area contributed by atoms with Gasteiger partial charge in [-0.25, -0.2) is 0 Å². The maximum Gasteiger partial charge on any atom is -0.0292 e. The molecule has 0 spiro atoms. The van der Waals surface area contributed by atoms with E-state index in [0.29, 0.717) is 5.41 Å². The van der Waals surface area contributed by atoms with E-state index in [1.54, 1.807) is 6.42 Å². The van der Waals surface area contributed by atoms with Crippen LogP contribution < -0.4 is 0 Å². The Morgan fingerprint density at radius 2 is 1.50 bits per heavy atom. The Hall–Kier alpha value is 0. The number of hydrogen-bond donors (Lipinski definition) is 0. The van der Waals surface area contributed by atoms with Crippen LogP contribution >= 0.6 is 0 Å². The van der Waals surface area contributed by atoms with Crippen molar-refractivity contribution < 1.29 is 0 Å². The summed E-state index contributed by atoms with van der Waals surface area (Å²) < 4.78 is 0. The molecule has 0 aromatic heterocycles. The van der Waals surface area contributed by atoms with Gasteiger partial charge in [0.15, 0.2) is 0 Å². The van der Waals surface area contributed by atoms with E-state index in [1.165, 1.54) is 38.5 Å². The molecule has 7 atom stereocenters. The number of hydrogen-bond acceptors (Lipinski definition) is 0. The molecule has 0 bridgehead atoms. The average Bonchev–Trinajstić information content (AvgIpc) is 2.88. The van der Waals surface area contributed by atoms with Gasteiger partial charge in [-0.05, 0) is 78.9 Å². The van der Waals surface area contributed by atoms with Gasteiger partial charge < -0.3 is 0 Å². The molecule has 0 saturated heterocycles. The van der Waals surface area contributed by atoms with Gasteiger partial charge in [0, 0.05) is 0 Å². The zero-order chi connectivity index (χ0) is 14.5. The van der Waals surface area contributed by atoms with Crippen LogP contribution in [-0.4, -0.2) is 0 Å². The first kappa shape index (κ1) is 14.9. The molecule has 3 aliphatic rings. The summed E-state index contributed by atoms with van der Waals surface area (Å²) in [6.45, 7) is 12.7. The fourth-order valence-corrected chi connectivity index (χ4v) is 6.57. The second-order valence-corrected chi connectivity index (χ2v) is 9.35. The smallest absolute Gasteiger partial charge is 0.0292 e. The monoisotopic (exact) mass is 276 g/mol. The number of rotatable bonds is 1. The van der Waals surface area contributed by atoms with Crippen molar-refractivity contribution in [3.63, 3.8) is 0 Å². The standard InChI is InChI=1S/C20H36/c1-13(2)16-10-11-20(5)12-18-15(4)6-8-17(18)14(3)7-9-19(16)20/h13-19H,6-12H2,1-5H3/t14-,15-,16+,17+,18+,19-,20+/m0/s1. The predicted molar refractivity (Wildman–Crippen MR) is 87.6 cm³/mol. The fourth-order valence-electron chi connectivity index (χ4n) is 6.57. The van der Waals surface area contributed by atoms with Gasteiger partial charge in [0.05, 0.1) is 0 Å². The topological polar surface area (TPSA) is 0 Å². The van der Waals surface area contributed by atoms with Crippen molar-refractivity contribution >= 4 is 0 Å². The molecule has 20 heavy (non-hydrogen) atoms. The van der Waals surface area contributed by atoms with Crippen LogP contribution in [0, 0.1) is 46.8 Å². The molecule has 0 heteroatoms. The fraction of sp³-hybridized carbons (Fsp3) is 1.00. The summed E-state index contributed by atoms with van der Waals surface area (Å²) >= 11 is 0. The van der Waals surface area contributed by atoms with E-state index in [-0.39, 0.29) is 0 Å². The largest absolute Gasteiger partial charge is 0.0625 e. The van der Waals surface area contributed by atoms with Crippen LogP contribution in [0.3, 0.4) is 0 Å². The van der Waals surface area contributed by atoms with Crippen molar-refractivity contribution in [3.05, 3.63) is 0 Å². The lowest BCUT2D eigenvalue weighted by atomic mass is 9.61. The molecular weight excluding hydrogens is 240 g/mol. The van der Waals surface area contributed by atoms with Crippen LogP contribution in [0.2, 0.25) is 0 Å². The molecule has 3 rings (SSSR count). The van der Waals surface area contributed by atoms with Crippen LogP contribution in [0.25, 0.3) is 0 Å². The van der Waals surface area contributed by atoms with E-state index in [2.05, 4.69) is 34.6 Å². The van der Waals surface area contributed by atoms with Gasteiger partial charge in [-0.1, -0.05) is 47.5 Å². The summed E-state index contributed by atoms with van der Waals surface area (Å²) in [6.07, 6.45) is 10.7. The predicted octanol–water partition coefficient (Wildman–Crippen LogP) is 6.16. The Bertz CT molecular complexity index is 344. The Labute approximate surface area is 127 Å². The lowest BCUT2D eigenvalue weighted by molar-refractivity contribution is 0.0561. The Balaban J connectivity index is 1.85. The zero-order valence-electron chi connectivity index (χ0n) is 14.5. The van der Waals surface area contributed by atoms with Gasteiger partial charge in [0.25, 0.3) is 0 Å². The minimum Gasteiger partial charge on any atom is -0.0625 e. The molecule has 0 N–H and O–H groups in total. The normalized spacial score (nSPS) is 52.5. The third-order valence-electron chi connectivity index (χ3n) is 7.92. The van der Waals surface area contributed by atoms with Gasteiger partial charge in [-0.2, -0.15) is 0 Å². The van der Waals surface area contributed by atoms with Crippen LogP contribution in [0.1, 0.15) is 79.6 Å². The van der Waals surface area contributed by atoms with Gasteiger partial charge in [-0.3, -0.25) is 0 Å². The van der Waals surface area contributed by atoms with Crippen molar-refractivity contribution in [2.75, 3.05) is 0 Å². The van der Waals surface area contributed by atoms with E-state index in [4.69, 9.17) is 0 Å². The molecule has 3 aliphatic carbocycles. The van der Waals surface area contributed by atoms with Crippen molar-refractivity contribution in [3.8, 4) is 0 Å². The van der Waals surface area contributed by atoms with Crippen LogP contribution in [0.5, 0.6) is 0 Å². The summed E-state index contributed by atoms with van der Waals surface area (Å²) in [5.41, 5.74) is 0.677. The molecule has 0 radical (unpaired) electrons. The van der Waals surface area contributed by atoms with Gasteiger partial charge >= 0.3 is 0 Å². The first-order valence-electron chi connectivity index (χ1n) is 9.42. The van der Waals surface area contributed by atoms with Gasteiger partial charge in [-0.15, -0.1) is 0 Å². The minimum absolute atomic E-state index is 0.677. The van der Waals surface area contributed by atoms with E-state index in [9.17, 15) is 0 Å². The highest BCUT2D eigenvalue weighted by Gasteiger charge is 2.50. The second-order valence-electron chi connectivity index (χ2n) is 9.35. The third kappa shape index (κ3) is 2.35. The summed E-state index contributed by atoms with van der Waals surface area (Å²) in [6, 6.07) is 0. The Morgan fingerprint density at radius 1 is 0.850 bits per heavy atom. The Morgan fingerprint density at radius 3 is 2.20 bits per heavy atom. The third-order valence-corrected chi connectivity index (χ3v) is 7.92. The summed E-state index contributed by atoms with van der Waals surface area (Å²) in [4.78, 5) is 0. The molecule has 3 saturated carbocycles. The number of fused-ring (bicyclic) bond motifs is 2. The summed E-state index contributed by atoms with van der Waals surface area (Å²) in [5.74, 6) is 7.02. The highest BCUT2D eigenvalue weighted by Crippen LogP contribution is 2.60. The lowest BCUT2D eigenvalue weighted by Crippen LogP contribution is -2.36. The lowest BCUT2D eigenvalue weighted by Gasteiger charge is -2.44. The quantitative estimate of drug-likeness (QED) is 0.538. The second kappa shape index (κ2) is 5.33. The molecule has 116 valence electrons. The molecule has 0 amide bonds. The first-order valence-corrected chi connectivity index (χ1v) is 9.42. The van der Waals surface area contributed by atoms with Gasteiger partial charge in [0.2, 0.25) is 0 Å². The van der Waals surface area contributed by atoms with E-state index < -0.39 is 0 Å². The van der Waals surface area contributed by atoms with Crippen molar-refractivity contribution in [2.24, 2.45) is 46.8 Å². The highest BCUT2D eigenvalue weighted by molar-refractivity contribution is 5.00. The van der Waals surface area contributed by atoms with E-state index in [1.807, 2.05) is 0 Å². The zero-order valence-corrected chi connectivity index (χ0v) is 14.5. The molecule has 3 fully saturated rings. The summed E-state index contributed by atoms with van der Waals surface area (Å²) in [7, 11) is 0. The highest BCUT2D eigenvalue weighted by atomic mass is 14.6. The van der Waals surface area contributed by atoms with E-state index >= 15 is 0 Å². The molecule has 0 aliphatic heterocycles. The molecule has 0 unspecified atom stereocenters.